The molecule has 0 unspecified atom stereocenters. The Kier molecular flexibility index (Phi) is 5.26. The first-order chi connectivity index (χ1) is 13.7. The van der Waals surface area contributed by atoms with Crippen LogP contribution < -0.4 is 4.74 Å². The van der Waals surface area contributed by atoms with E-state index in [1.54, 1.807) is 11.3 Å². The van der Waals surface area contributed by atoms with Crippen LogP contribution in [0.4, 0.5) is 0 Å². The fraction of sp³-hybridized carbons (Fsp3) is 0.0870. The molecule has 0 aliphatic rings. The highest BCUT2D eigenvalue weighted by atomic mass is 32.1. The molecule has 2 aromatic heterocycles. The Labute approximate surface area is 167 Å². The zero-order valence-electron chi connectivity index (χ0n) is 15.1. The first-order valence-electron chi connectivity index (χ1n) is 9.00. The van der Waals surface area contributed by atoms with Gasteiger partial charge in [0.15, 0.2) is 0 Å². The van der Waals surface area contributed by atoms with Crippen LogP contribution in [0.2, 0.25) is 0 Å². The molecular formula is C23H19NO3S. The van der Waals surface area contributed by atoms with E-state index in [-0.39, 0.29) is 6.42 Å². The van der Waals surface area contributed by atoms with Gasteiger partial charge in [-0.25, -0.2) is 0 Å². The summed E-state index contributed by atoms with van der Waals surface area (Å²) in [4.78, 5) is 12.2. The van der Waals surface area contributed by atoms with Gasteiger partial charge in [0.1, 0.15) is 11.5 Å². The number of hydrogen-bond acceptors (Lipinski definition) is 3. The summed E-state index contributed by atoms with van der Waals surface area (Å²) in [6, 6.07) is 25.7. The standard InChI is InChI=1S/C23H19NO3S/c25-23(26)15-11-18-10-14-21(22-7-4-16-28-22)24(18)17-8-12-20(13-9-17)27-19-5-2-1-3-6-19/h1-10,12-14,16H,11,15H2,(H,25,26). The average molecular weight is 389 g/mol. The van der Waals surface area contributed by atoms with Gasteiger partial charge in [0, 0.05) is 11.4 Å². The predicted molar refractivity (Wildman–Crippen MR) is 112 cm³/mol. The van der Waals surface area contributed by atoms with E-state index in [0.717, 1.165) is 33.5 Å². The van der Waals surface area contributed by atoms with Crippen molar-refractivity contribution >= 4 is 17.3 Å². The Morgan fingerprint density at radius 2 is 1.64 bits per heavy atom. The fourth-order valence-electron chi connectivity index (χ4n) is 3.12. The maximum atomic E-state index is 11.1. The quantitative estimate of drug-likeness (QED) is 0.421. The lowest BCUT2D eigenvalue weighted by molar-refractivity contribution is -0.136. The number of carbonyl (C=O) groups is 1. The Hall–Kier alpha value is -3.31. The second-order valence-corrected chi connectivity index (χ2v) is 7.27. The van der Waals surface area contributed by atoms with Crippen LogP contribution in [0.5, 0.6) is 11.5 Å². The number of aromatic nitrogens is 1. The molecule has 0 radical (unpaired) electrons. The maximum Gasteiger partial charge on any atom is 0.303 e. The lowest BCUT2D eigenvalue weighted by atomic mass is 10.2. The van der Waals surface area contributed by atoms with Gasteiger partial charge in [-0.3, -0.25) is 4.79 Å². The van der Waals surface area contributed by atoms with Crippen molar-refractivity contribution in [3.05, 3.63) is 89.9 Å². The summed E-state index contributed by atoms with van der Waals surface area (Å²) < 4.78 is 8.00. The molecule has 0 atom stereocenters. The van der Waals surface area contributed by atoms with Crippen molar-refractivity contribution in [2.75, 3.05) is 0 Å². The number of carboxylic acid groups (broad SMARTS) is 1. The largest absolute Gasteiger partial charge is 0.481 e. The van der Waals surface area contributed by atoms with Crippen LogP contribution in [0, 0.1) is 0 Å². The smallest absolute Gasteiger partial charge is 0.303 e. The molecule has 28 heavy (non-hydrogen) atoms. The molecular weight excluding hydrogens is 370 g/mol. The first-order valence-corrected chi connectivity index (χ1v) is 9.88. The highest BCUT2D eigenvalue weighted by molar-refractivity contribution is 7.13. The molecule has 0 bridgehead atoms. The molecule has 4 aromatic rings. The Balaban J connectivity index is 1.66. The van der Waals surface area contributed by atoms with Crippen molar-refractivity contribution in [1.29, 1.82) is 0 Å². The van der Waals surface area contributed by atoms with Crippen LogP contribution in [-0.2, 0) is 11.2 Å². The van der Waals surface area contributed by atoms with Gasteiger partial charge in [-0.15, -0.1) is 11.3 Å². The second kappa shape index (κ2) is 8.15. The minimum absolute atomic E-state index is 0.100. The Morgan fingerprint density at radius 1 is 0.893 bits per heavy atom. The zero-order valence-corrected chi connectivity index (χ0v) is 15.9. The van der Waals surface area contributed by atoms with E-state index in [9.17, 15) is 4.79 Å². The molecule has 0 saturated heterocycles. The maximum absolute atomic E-state index is 11.1. The van der Waals surface area contributed by atoms with Crippen molar-refractivity contribution < 1.29 is 14.6 Å². The normalized spacial score (nSPS) is 10.7. The van der Waals surface area contributed by atoms with Crippen LogP contribution in [0.15, 0.2) is 84.2 Å². The molecule has 140 valence electrons. The summed E-state index contributed by atoms with van der Waals surface area (Å²) in [6.07, 6.45) is 0.575. The molecule has 2 aromatic carbocycles. The summed E-state index contributed by atoms with van der Waals surface area (Å²) in [6.45, 7) is 0. The van der Waals surface area contributed by atoms with Crippen LogP contribution in [0.25, 0.3) is 16.3 Å². The molecule has 4 nitrogen and oxygen atoms in total. The molecule has 0 saturated carbocycles. The Bertz CT molecular complexity index is 1050. The second-order valence-electron chi connectivity index (χ2n) is 6.33. The summed E-state index contributed by atoms with van der Waals surface area (Å²) in [5, 5.41) is 11.1. The summed E-state index contributed by atoms with van der Waals surface area (Å²) in [5.74, 6) is 0.751. The van der Waals surface area contributed by atoms with Crippen LogP contribution in [0.1, 0.15) is 12.1 Å². The number of thiophene rings is 1. The number of aliphatic carboxylic acids is 1. The van der Waals surface area contributed by atoms with E-state index in [0.29, 0.717) is 6.42 Å². The number of hydrogen-bond donors (Lipinski definition) is 1. The predicted octanol–water partition coefficient (Wildman–Crippen LogP) is 6.02. The van der Waals surface area contributed by atoms with Gasteiger partial charge >= 0.3 is 5.97 Å². The topological polar surface area (TPSA) is 51.5 Å². The number of para-hydroxylation sites is 1. The molecule has 0 amide bonds. The van der Waals surface area contributed by atoms with Gasteiger partial charge in [-0.1, -0.05) is 24.3 Å². The minimum Gasteiger partial charge on any atom is -0.481 e. The highest BCUT2D eigenvalue weighted by Gasteiger charge is 2.14. The molecule has 2 heterocycles. The van der Waals surface area contributed by atoms with Gasteiger partial charge < -0.3 is 14.4 Å². The third kappa shape index (κ3) is 4.00. The molecule has 5 heteroatoms. The number of rotatable bonds is 7. The number of ether oxygens (including phenoxy) is 1. The van der Waals surface area contributed by atoms with Gasteiger partial charge in [0.25, 0.3) is 0 Å². The summed E-state index contributed by atoms with van der Waals surface area (Å²) >= 11 is 1.67. The summed E-state index contributed by atoms with van der Waals surface area (Å²) in [7, 11) is 0. The van der Waals surface area contributed by atoms with Crippen molar-refractivity contribution in [1.82, 2.24) is 4.57 Å². The molecule has 0 fully saturated rings. The van der Waals surface area contributed by atoms with Gasteiger partial charge in [0.2, 0.25) is 0 Å². The van der Waals surface area contributed by atoms with E-state index in [4.69, 9.17) is 9.84 Å². The lowest BCUT2D eigenvalue weighted by Gasteiger charge is -2.14. The van der Waals surface area contributed by atoms with Crippen LogP contribution >= 0.6 is 11.3 Å². The van der Waals surface area contributed by atoms with E-state index >= 15 is 0 Å². The van der Waals surface area contributed by atoms with E-state index in [1.165, 1.54) is 0 Å². The average Bonchev–Trinajstić information content (AvgIpc) is 3.37. The fourth-order valence-corrected chi connectivity index (χ4v) is 3.86. The molecule has 4 rings (SSSR count). The van der Waals surface area contributed by atoms with Crippen LogP contribution in [-0.4, -0.2) is 15.6 Å². The number of aryl methyl sites for hydroxylation is 1. The van der Waals surface area contributed by atoms with Crippen molar-refractivity contribution in [2.24, 2.45) is 0 Å². The first kappa shape index (κ1) is 18.1. The van der Waals surface area contributed by atoms with E-state index < -0.39 is 5.97 Å². The molecule has 0 aliphatic heterocycles. The van der Waals surface area contributed by atoms with Gasteiger partial charge in [-0.05, 0) is 66.4 Å². The number of nitrogens with zero attached hydrogens (tertiary/aromatic N) is 1. The zero-order chi connectivity index (χ0) is 19.3. The van der Waals surface area contributed by atoms with Crippen LogP contribution in [0.3, 0.4) is 0 Å². The number of carboxylic acids is 1. The van der Waals surface area contributed by atoms with Gasteiger partial charge in [-0.2, -0.15) is 0 Å². The lowest BCUT2D eigenvalue weighted by Crippen LogP contribution is -2.05. The Morgan fingerprint density at radius 3 is 2.32 bits per heavy atom. The van der Waals surface area contributed by atoms with Crippen molar-refractivity contribution in [3.8, 4) is 27.8 Å². The van der Waals surface area contributed by atoms with Crippen molar-refractivity contribution in [3.63, 3.8) is 0 Å². The van der Waals surface area contributed by atoms with Crippen molar-refractivity contribution in [2.45, 2.75) is 12.8 Å². The highest BCUT2D eigenvalue weighted by Crippen LogP contribution is 2.31. The SMILES string of the molecule is O=C(O)CCc1ccc(-c2cccs2)n1-c1ccc(Oc2ccccc2)cc1. The van der Waals surface area contributed by atoms with Gasteiger partial charge in [0.05, 0.1) is 17.0 Å². The summed E-state index contributed by atoms with van der Waals surface area (Å²) in [5.41, 5.74) is 3.02. The third-order valence-corrected chi connectivity index (χ3v) is 5.30. The molecule has 0 aliphatic carbocycles. The number of benzene rings is 2. The minimum atomic E-state index is -0.794. The molecule has 0 spiro atoms. The molecule has 1 N–H and O–H groups in total. The van der Waals surface area contributed by atoms with E-state index in [2.05, 4.69) is 16.7 Å². The monoisotopic (exact) mass is 389 g/mol. The van der Waals surface area contributed by atoms with E-state index in [1.807, 2.05) is 72.1 Å². The third-order valence-electron chi connectivity index (χ3n) is 4.40.